The van der Waals surface area contributed by atoms with Gasteiger partial charge < -0.3 is 25.0 Å². The Morgan fingerprint density at radius 1 is 1.46 bits per heavy atom. The highest BCUT2D eigenvalue weighted by molar-refractivity contribution is 5.75. The molecule has 1 unspecified atom stereocenters. The van der Waals surface area contributed by atoms with Crippen LogP contribution in [0.1, 0.15) is 12.6 Å². The number of rotatable bonds is 6. The first kappa shape index (κ1) is 18.3. The molecule has 0 saturated carbocycles. The number of ether oxygens (including phenoxy) is 2. The van der Waals surface area contributed by atoms with Crippen LogP contribution in [-0.2, 0) is 21.3 Å². The lowest BCUT2D eigenvalue weighted by Crippen LogP contribution is -2.42. The summed E-state index contributed by atoms with van der Waals surface area (Å²) in [6, 6.07) is 1.19. The van der Waals surface area contributed by atoms with Gasteiger partial charge in [0, 0.05) is 32.8 Å². The van der Waals surface area contributed by atoms with E-state index >= 15 is 0 Å². The average molecular weight is 343 g/mol. The molecule has 1 aromatic rings. The van der Waals surface area contributed by atoms with E-state index in [1.54, 1.807) is 0 Å². The number of nitrogens with one attached hydrogen (secondary N) is 1. The molecule has 0 aromatic carbocycles. The molecule has 134 valence electrons. The van der Waals surface area contributed by atoms with Crippen molar-refractivity contribution >= 4 is 5.91 Å². The molecule has 0 spiro atoms. The normalized spacial score (nSPS) is 26.5. The maximum Gasteiger partial charge on any atom is 0.332 e. The highest BCUT2D eigenvalue weighted by Crippen LogP contribution is 2.30. The molecule has 1 aliphatic heterocycles. The van der Waals surface area contributed by atoms with Gasteiger partial charge in [-0.3, -0.25) is 18.7 Å². The maximum absolute atomic E-state index is 12.2. The summed E-state index contributed by atoms with van der Waals surface area (Å²) in [4.78, 5) is 35.0. The zero-order valence-corrected chi connectivity index (χ0v) is 13.4. The molecule has 1 fully saturated rings. The number of carbonyl (C=O) groups is 1. The second-order valence-corrected chi connectivity index (χ2v) is 5.40. The summed E-state index contributed by atoms with van der Waals surface area (Å²) in [7, 11) is 2.81. The third kappa shape index (κ3) is 3.56. The van der Waals surface area contributed by atoms with Crippen LogP contribution in [-0.4, -0.2) is 63.8 Å². The fraction of sp³-hybridized carbons (Fsp3) is 0.643. The Morgan fingerprint density at radius 2 is 2.17 bits per heavy atom. The van der Waals surface area contributed by atoms with E-state index in [0.29, 0.717) is 0 Å². The van der Waals surface area contributed by atoms with Crippen molar-refractivity contribution in [1.82, 2.24) is 14.5 Å². The van der Waals surface area contributed by atoms with Gasteiger partial charge in [-0.05, 0) is 0 Å². The fourth-order valence-corrected chi connectivity index (χ4v) is 2.47. The quantitative estimate of drug-likeness (QED) is 0.513. The van der Waals surface area contributed by atoms with Crippen molar-refractivity contribution < 1.29 is 24.5 Å². The average Bonchev–Trinajstić information content (AvgIpc) is 2.89. The van der Waals surface area contributed by atoms with E-state index in [0.717, 1.165) is 9.13 Å². The Hall–Kier alpha value is -2.01. The van der Waals surface area contributed by atoms with Crippen LogP contribution in [0.4, 0.5) is 0 Å². The molecule has 2 heterocycles. The number of aliphatic hydroxyl groups is 2. The van der Waals surface area contributed by atoms with Crippen molar-refractivity contribution in [2.45, 2.75) is 31.0 Å². The van der Waals surface area contributed by atoms with E-state index in [1.165, 1.54) is 26.4 Å². The molecular formula is C14H21N3O7. The molecule has 24 heavy (non-hydrogen) atoms. The van der Waals surface area contributed by atoms with E-state index in [2.05, 4.69) is 5.32 Å². The van der Waals surface area contributed by atoms with Crippen LogP contribution in [0, 0.1) is 0 Å². The zero-order valence-electron chi connectivity index (χ0n) is 13.4. The van der Waals surface area contributed by atoms with Gasteiger partial charge in [0.15, 0.2) is 6.23 Å². The first-order chi connectivity index (χ1) is 11.4. The van der Waals surface area contributed by atoms with Gasteiger partial charge in [0.1, 0.15) is 18.3 Å². The predicted molar refractivity (Wildman–Crippen MR) is 81.4 cm³/mol. The lowest BCUT2D eigenvalue weighted by atomic mass is 10.1. The summed E-state index contributed by atoms with van der Waals surface area (Å²) in [5.74, 6) is -0.238. The Bertz CT molecular complexity index is 698. The van der Waals surface area contributed by atoms with Gasteiger partial charge >= 0.3 is 5.69 Å². The Morgan fingerprint density at radius 3 is 2.79 bits per heavy atom. The molecular weight excluding hydrogens is 322 g/mol. The maximum atomic E-state index is 12.2. The largest absolute Gasteiger partial charge is 0.394 e. The summed E-state index contributed by atoms with van der Waals surface area (Å²) in [5, 5.41) is 22.0. The number of carbonyl (C=O) groups excluding carboxylic acids is 1. The second-order valence-electron chi connectivity index (χ2n) is 5.40. The predicted octanol–water partition coefficient (Wildman–Crippen LogP) is -2.68. The minimum absolute atomic E-state index is 0.0000762. The van der Waals surface area contributed by atoms with E-state index in [4.69, 9.17) is 9.47 Å². The topological polar surface area (TPSA) is 132 Å². The second kappa shape index (κ2) is 7.71. The summed E-state index contributed by atoms with van der Waals surface area (Å²) in [6.45, 7) is -0.465. The van der Waals surface area contributed by atoms with Gasteiger partial charge in [-0.1, -0.05) is 0 Å². The Labute approximate surface area is 137 Å². The Balaban J connectivity index is 2.25. The molecule has 1 aromatic heterocycles. The molecule has 0 bridgehead atoms. The van der Waals surface area contributed by atoms with E-state index in [1.807, 2.05) is 0 Å². The molecule has 1 amide bonds. The van der Waals surface area contributed by atoms with Crippen molar-refractivity contribution in [1.29, 1.82) is 0 Å². The van der Waals surface area contributed by atoms with Crippen molar-refractivity contribution in [3.8, 4) is 0 Å². The number of hydrogen-bond acceptors (Lipinski definition) is 7. The van der Waals surface area contributed by atoms with Crippen molar-refractivity contribution in [3.63, 3.8) is 0 Å². The summed E-state index contributed by atoms with van der Waals surface area (Å²) in [5.41, 5.74) is -1.12. The molecule has 0 aliphatic carbocycles. The lowest BCUT2D eigenvalue weighted by Gasteiger charge is -2.22. The summed E-state index contributed by atoms with van der Waals surface area (Å²) >= 11 is 0. The highest BCUT2D eigenvalue weighted by atomic mass is 16.6. The number of amides is 1. The van der Waals surface area contributed by atoms with Crippen LogP contribution >= 0.6 is 0 Å². The third-order valence-corrected chi connectivity index (χ3v) is 3.90. The minimum Gasteiger partial charge on any atom is -0.394 e. The Kier molecular flexibility index (Phi) is 5.89. The summed E-state index contributed by atoms with van der Waals surface area (Å²) in [6.07, 6.45) is -2.81. The number of aliphatic hydroxyl groups excluding tert-OH is 2. The minimum atomic E-state index is -1.19. The van der Waals surface area contributed by atoms with Crippen LogP contribution in [0.3, 0.4) is 0 Å². The molecule has 10 nitrogen and oxygen atoms in total. The van der Waals surface area contributed by atoms with E-state index < -0.39 is 42.4 Å². The van der Waals surface area contributed by atoms with Gasteiger partial charge in [-0.25, -0.2) is 4.79 Å². The lowest BCUT2D eigenvalue weighted by molar-refractivity contribution is -0.124. The smallest absolute Gasteiger partial charge is 0.332 e. The van der Waals surface area contributed by atoms with Crippen molar-refractivity contribution in [2.75, 3.05) is 20.3 Å². The summed E-state index contributed by atoms with van der Waals surface area (Å²) < 4.78 is 13.0. The molecule has 4 atom stereocenters. The van der Waals surface area contributed by atoms with E-state index in [-0.39, 0.29) is 18.9 Å². The van der Waals surface area contributed by atoms with Crippen LogP contribution in [0.2, 0.25) is 0 Å². The first-order valence-electron chi connectivity index (χ1n) is 7.45. The van der Waals surface area contributed by atoms with E-state index in [9.17, 15) is 24.6 Å². The molecule has 3 N–H and O–H groups in total. The van der Waals surface area contributed by atoms with Crippen LogP contribution in [0.15, 0.2) is 21.9 Å². The zero-order chi connectivity index (χ0) is 17.9. The molecule has 1 aliphatic rings. The van der Waals surface area contributed by atoms with Gasteiger partial charge in [-0.15, -0.1) is 0 Å². The highest BCUT2D eigenvalue weighted by Gasteiger charge is 2.45. The fourth-order valence-electron chi connectivity index (χ4n) is 2.47. The molecule has 1 saturated heterocycles. The SMILES string of the molecule is CNC(=O)CCO[C@H]1C(O)[C@@H](CO)O[C@H]1n1ccc(=O)n(C)c1=O. The number of aromatic nitrogens is 2. The van der Waals surface area contributed by atoms with Gasteiger partial charge in [-0.2, -0.15) is 0 Å². The van der Waals surface area contributed by atoms with Crippen molar-refractivity contribution in [3.05, 3.63) is 33.1 Å². The van der Waals surface area contributed by atoms with Crippen LogP contribution < -0.4 is 16.6 Å². The first-order valence-corrected chi connectivity index (χ1v) is 7.45. The third-order valence-electron chi connectivity index (χ3n) is 3.90. The monoisotopic (exact) mass is 343 g/mol. The molecule has 10 heteroatoms. The van der Waals surface area contributed by atoms with Crippen molar-refractivity contribution in [2.24, 2.45) is 7.05 Å². The van der Waals surface area contributed by atoms with Gasteiger partial charge in [0.25, 0.3) is 5.56 Å². The number of nitrogens with zero attached hydrogens (tertiary/aromatic N) is 2. The van der Waals surface area contributed by atoms with Gasteiger partial charge in [0.05, 0.1) is 13.2 Å². The molecule has 2 rings (SSSR count). The van der Waals surface area contributed by atoms with Gasteiger partial charge in [0.2, 0.25) is 5.91 Å². The van der Waals surface area contributed by atoms with Crippen LogP contribution in [0.25, 0.3) is 0 Å². The number of hydrogen-bond donors (Lipinski definition) is 3. The molecule has 0 radical (unpaired) electrons. The van der Waals surface area contributed by atoms with Crippen LogP contribution in [0.5, 0.6) is 0 Å². The standard InChI is InChI=1S/C14H21N3O7/c1-15-9(19)4-6-23-12-11(21)8(7-18)24-13(12)17-5-3-10(20)16(2)14(17)22/h3,5,8,11-13,18,21H,4,6-7H2,1-2H3,(H,15,19)/t8-,11?,12+,13-/m1/s1.